The largest absolute Gasteiger partial charge is 0.305 e. The molecule has 1 nitrogen and oxygen atoms in total. The van der Waals surface area contributed by atoms with E-state index in [0.29, 0.717) is 5.41 Å². The molecular formula is C16H31N. The molecule has 0 bridgehead atoms. The van der Waals surface area contributed by atoms with Crippen molar-refractivity contribution in [1.82, 2.24) is 4.90 Å². The molecule has 2 aliphatic rings. The van der Waals surface area contributed by atoms with Gasteiger partial charge >= 0.3 is 0 Å². The topological polar surface area (TPSA) is 3.24 Å². The summed E-state index contributed by atoms with van der Waals surface area (Å²) >= 11 is 0. The van der Waals surface area contributed by atoms with Crippen molar-refractivity contribution in [3.05, 3.63) is 11.1 Å². The average Bonchev–Trinajstić information content (AvgIpc) is 2.58. The number of allylic oxidation sites excluding steroid dienone is 1. The molecule has 100 valence electrons. The Balaban J connectivity index is 0.000000686. The van der Waals surface area contributed by atoms with E-state index in [-0.39, 0.29) is 0 Å². The zero-order valence-electron chi connectivity index (χ0n) is 12.8. The molecule has 0 amide bonds. The van der Waals surface area contributed by atoms with Crippen LogP contribution in [0.2, 0.25) is 0 Å². The van der Waals surface area contributed by atoms with Gasteiger partial charge < -0.3 is 4.90 Å². The highest BCUT2D eigenvalue weighted by molar-refractivity contribution is 5.29. The highest BCUT2D eigenvalue weighted by Gasteiger charge is 2.42. The molecule has 1 aliphatic heterocycles. The van der Waals surface area contributed by atoms with Gasteiger partial charge in [0.05, 0.1) is 0 Å². The summed E-state index contributed by atoms with van der Waals surface area (Å²) in [6.07, 6.45) is 5.58. The van der Waals surface area contributed by atoms with E-state index < -0.39 is 0 Å². The minimum Gasteiger partial charge on any atom is -0.305 e. The van der Waals surface area contributed by atoms with Crippen molar-refractivity contribution < 1.29 is 0 Å². The summed E-state index contributed by atoms with van der Waals surface area (Å²) in [7, 11) is 2.28. The van der Waals surface area contributed by atoms with Crippen molar-refractivity contribution in [3.8, 4) is 0 Å². The number of nitrogens with zero attached hydrogens (tertiary/aromatic N) is 1. The standard InChI is InChI=1S/C14H25N.C2H6/c1-11(2)13-12(3)6-8-14(13)7-5-9-15(4)10-14;1-2/h11H,5-10H2,1-4H3;1-2H3. The molecule has 0 radical (unpaired) electrons. The molecule has 1 aliphatic carbocycles. The molecule has 1 spiro atoms. The lowest BCUT2D eigenvalue weighted by Gasteiger charge is -2.42. The molecule has 0 aromatic heterocycles. The summed E-state index contributed by atoms with van der Waals surface area (Å²) < 4.78 is 0. The number of piperidine rings is 1. The third-order valence-electron chi connectivity index (χ3n) is 4.35. The SMILES string of the molecule is CC.CC1=C(C(C)C)C2(CCCN(C)C2)CC1. The van der Waals surface area contributed by atoms with Crippen LogP contribution in [0.1, 0.15) is 60.3 Å². The van der Waals surface area contributed by atoms with E-state index in [1.807, 2.05) is 13.8 Å². The van der Waals surface area contributed by atoms with Crippen LogP contribution in [0.3, 0.4) is 0 Å². The highest BCUT2D eigenvalue weighted by atomic mass is 15.1. The van der Waals surface area contributed by atoms with Gasteiger partial charge in [-0.15, -0.1) is 0 Å². The molecule has 0 aromatic carbocycles. The second kappa shape index (κ2) is 6.04. The van der Waals surface area contributed by atoms with Crippen LogP contribution in [0.15, 0.2) is 11.1 Å². The molecule has 1 heteroatoms. The van der Waals surface area contributed by atoms with Crippen LogP contribution in [0.5, 0.6) is 0 Å². The van der Waals surface area contributed by atoms with Crippen molar-refractivity contribution in [2.75, 3.05) is 20.1 Å². The quantitative estimate of drug-likeness (QED) is 0.607. The first kappa shape index (κ1) is 14.8. The fourth-order valence-electron chi connectivity index (χ4n) is 4.04. The van der Waals surface area contributed by atoms with E-state index in [0.717, 1.165) is 5.92 Å². The number of hydrogen-bond donors (Lipinski definition) is 0. The van der Waals surface area contributed by atoms with E-state index in [1.54, 1.807) is 11.1 Å². The van der Waals surface area contributed by atoms with Crippen LogP contribution >= 0.6 is 0 Å². The molecule has 1 atom stereocenters. The molecular weight excluding hydrogens is 206 g/mol. The van der Waals surface area contributed by atoms with Crippen LogP contribution < -0.4 is 0 Å². The Morgan fingerprint density at radius 1 is 1.18 bits per heavy atom. The van der Waals surface area contributed by atoms with Gasteiger partial charge in [-0.2, -0.15) is 0 Å². The Morgan fingerprint density at radius 3 is 2.35 bits per heavy atom. The molecule has 1 heterocycles. The maximum atomic E-state index is 2.53. The van der Waals surface area contributed by atoms with E-state index in [2.05, 4.69) is 32.7 Å². The summed E-state index contributed by atoms with van der Waals surface area (Å²) in [6.45, 7) is 13.7. The maximum absolute atomic E-state index is 2.53. The molecule has 0 saturated carbocycles. The third-order valence-corrected chi connectivity index (χ3v) is 4.35. The van der Waals surface area contributed by atoms with Crippen molar-refractivity contribution in [3.63, 3.8) is 0 Å². The summed E-state index contributed by atoms with van der Waals surface area (Å²) in [6, 6.07) is 0. The summed E-state index contributed by atoms with van der Waals surface area (Å²) in [4.78, 5) is 2.53. The fraction of sp³-hybridized carbons (Fsp3) is 0.875. The van der Waals surface area contributed by atoms with Gasteiger partial charge in [-0.1, -0.05) is 38.8 Å². The van der Waals surface area contributed by atoms with Gasteiger partial charge in [-0.3, -0.25) is 0 Å². The first-order chi connectivity index (χ1) is 8.05. The minimum absolute atomic E-state index is 0.561. The molecule has 0 N–H and O–H groups in total. The van der Waals surface area contributed by atoms with Crippen molar-refractivity contribution in [2.24, 2.45) is 11.3 Å². The van der Waals surface area contributed by atoms with Gasteiger partial charge in [0.1, 0.15) is 0 Å². The summed E-state index contributed by atoms with van der Waals surface area (Å²) in [5, 5.41) is 0. The van der Waals surface area contributed by atoms with Gasteiger partial charge in [0.25, 0.3) is 0 Å². The first-order valence-electron chi connectivity index (χ1n) is 7.44. The van der Waals surface area contributed by atoms with Gasteiger partial charge in [0.2, 0.25) is 0 Å². The van der Waals surface area contributed by atoms with Crippen LogP contribution in [-0.4, -0.2) is 25.0 Å². The lowest BCUT2D eigenvalue weighted by molar-refractivity contribution is 0.133. The lowest BCUT2D eigenvalue weighted by Crippen LogP contribution is -2.42. The van der Waals surface area contributed by atoms with E-state index in [4.69, 9.17) is 0 Å². The smallest absolute Gasteiger partial charge is 0.00726 e. The van der Waals surface area contributed by atoms with Gasteiger partial charge in [-0.25, -0.2) is 0 Å². The van der Waals surface area contributed by atoms with E-state index >= 15 is 0 Å². The first-order valence-corrected chi connectivity index (χ1v) is 7.44. The highest BCUT2D eigenvalue weighted by Crippen LogP contribution is 2.51. The second-order valence-corrected chi connectivity index (χ2v) is 5.97. The molecule has 2 rings (SSSR count). The Hall–Kier alpha value is -0.300. The summed E-state index contributed by atoms with van der Waals surface area (Å²) in [5.41, 5.74) is 4.06. The molecule has 17 heavy (non-hydrogen) atoms. The lowest BCUT2D eigenvalue weighted by atomic mass is 9.71. The van der Waals surface area contributed by atoms with Crippen LogP contribution in [0, 0.1) is 11.3 Å². The fourth-order valence-corrected chi connectivity index (χ4v) is 4.04. The predicted octanol–water partition coefficient (Wildman–Crippen LogP) is 4.49. The molecule has 1 fully saturated rings. The van der Waals surface area contributed by atoms with Gasteiger partial charge in [0, 0.05) is 12.0 Å². The second-order valence-electron chi connectivity index (χ2n) is 5.97. The van der Waals surface area contributed by atoms with E-state index in [1.165, 1.54) is 38.8 Å². The van der Waals surface area contributed by atoms with Crippen LogP contribution in [0.25, 0.3) is 0 Å². The Labute approximate surface area is 108 Å². The number of rotatable bonds is 1. The van der Waals surface area contributed by atoms with E-state index in [9.17, 15) is 0 Å². The third kappa shape index (κ3) is 2.93. The molecule has 1 saturated heterocycles. The number of likely N-dealkylation sites (tertiary alicyclic amines) is 1. The van der Waals surface area contributed by atoms with Crippen molar-refractivity contribution >= 4 is 0 Å². The summed E-state index contributed by atoms with van der Waals surface area (Å²) in [5.74, 6) is 0.749. The zero-order valence-corrected chi connectivity index (χ0v) is 12.8. The number of hydrogen-bond acceptors (Lipinski definition) is 1. The van der Waals surface area contributed by atoms with Crippen molar-refractivity contribution in [2.45, 2.75) is 60.3 Å². The Kier molecular flexibility index (Phi) is 5.24. The predicted molar refractivity (Wildman–Crippen MR) is 77.3 cm³/mol. The maximum Gasteiger partial charge on any atom is 0.00726 e. The van der Waals surface area contributed by atoms with Crippen LogP contribution in [0.4, 0.5) is 0 Å². The normalized spacial score (nSPS) is 29.8. The average molecular weight is 237 g/mol. The Bertz CT molecular complexity index is 277. The van der Waals surface area contributed by atoms with Crippen LogP contribution in [-0.2, 0) is 0 Å². The van der Waals surface area contributed by atoms with Gasteiger partial charge in [0.15, 0.2) is 0 Å². The monoisotopic (exact) mass is 237 g/mol. The Morgan fingerprint density at radius 2 is 1.82 bits per heavy atom. The zero-order chi connectivity index (χ0) is 13.1. The van der Waals surface area contributed by atoms with Gasteiger partial charge in [-0.05, 0) is 52.1 Å². The molecule has 1 unspecified atom stereocenters. The minimum atomic E-state index is 0.561. The molecule has 0 aromatic rings. The van der Waals surface area contributed by atoms with Crippen molar-refractivity contribution in [1.29, 1.82) is 0 Å².